The maximum atomic E-state index is 12.5. The summed E-state index contributed by atoms with van der Waals surface area (Å²) in [7, 11) is 0. The molecule has 0 aliphatic carbocycles. The van der Waals surface area contributed by atoms with Crippen molar-refractivity contribution in [2.45, 2.75) is 38.5 Å². The predicted octanol–water partition coefficient (Wildman–Crippen LogP) is 4.20. The lowest BCUT2D eigenvalue weighted by Gasteiger charge is -2.33. The minimum Gasteiger partial charge on any atom is -0.435 e. The molecule has 1 aliphatic heterocycles. The van der Waals surface area contributed by atoms with Crippen LogP contribution in [-0.2, 0) is 0 Å². The van der Waals surface area contributed by atoms with Gasteiger partial charge in [-0.3, -0.25) is 0 Å². The van der Waals surface area contributed by atoms with Crippen LogP contribution in [0.2, 0.25) is 0 Å². The number of hydrogen-bond donors (Lipinski definition) is 1. The van der Waals surface area contributed by atoms with Crippen molar-refractivity contribution in [2.24, 2.45) is 0 Å². The van der Waals surface area contributed by atoms with Gasteiger partial charge in [0.05, 0.1) is 6.04 Å². The highest BCUT2D eigenvalue weighted by Gasteiger charge is 2.24. The zero-order valence-corrected chi connectivity index (χ0v) is 14.6. The smallest absolute Gasteiger partial charge is 0.387 e. The molecule has 5 nitrogen and oxygen atoms in total. The molecule has 1 unspecified atom stereocenters. The third-order valence-electron chi connectivity index (χ3n) is 4.75. The van der Waals surface area contributed by atoms with Crippen LogP contribution in [0.25, 0.3) is 0 Å². The van der Waals surface area contributed by atoms with Gasteiger partial charge in [0.2, 0.25) is 0 Å². The fourth-order valence-corrected chi connectivity index (χ4v) is 3.26. The van der Waals surface area contributed by atoms with Crippen LogP contribution < -0.4 is 10.1 Å². The summed E-state index contributed by atoms with van der Waals surface area (Å²) in [6.45, 7) is 0.450. The normalized spacial score (nSPS) is 16.5. The fraction of sp³-hybridized carbons (Fsp3) is 0.421. The second kappa shape index (κ2) is 8.21. The van der Waals surface area contributed by atoms with Gasteiger partial charge in [-0.1, -0.05) is 12.1 Å². The Bertz CT molecular complexity index is 696. The first-order valence-electron chi connectivity index (χ1n) is 8.75. The maximum absolute atomic E-state index is 12.5. The number of nitrogens with one attached hydrogen (secondary N) is 1. The van der Waals surface area contributed by atoms with Gasteiger partial charge >= 0.3 is 12.6 Å². The number of nitrogens with zero attached hydrogens (tertiary/aromatic N) is 2. The van der Waals surface area contributed by atoms with Crippen molar-refractivity contribution in [3.63, 3.8) is 0 Å². The molecule has 26 heavy (non-hydrogen) atoms. The zero-order valence-electron chi connectivity index (χ0n) is 14.6. The molecule has 0 radical (unpaired) electrons. The van der Waals surface area contributed by atoms with Crippen molar-refractivity contribution in [1.82, 2.24) is 14.8 Å². The quantitative estimate of drug-likeness (QED) is 0.866. The largest absolute Gasteiger partial charge is 0.435 e. The molecule has 1 aromatic carbocycles. The number of ether oxygens (including phenoxy) is 1. The number of carbonyl (C=O) groups excluding carboxylic acids is 1. The molecule has 7 heteroatoms. The summed E-state index contributed by atoms with van der Waals surface area (Å²) in [6, 6.07) is 10.5. The van der Waals surface area contributed by atoms with Crippen LogP contribution in [0.1, 0.15) is 37.4 Å². The Balaban J connectivity index is 1.50. The molecule has 2 heterocycles. The predicted molar refractivity (Wildman–Crippen MR) is 94.3 cm³/mol. The minimum absolute atomic E-state index is 0.101. The topological polar surface area (TPSA) is 46.5 Å². The molecule has 2 amide bonds. The molecule has 1 N–H and O–H groups in total. The molecule has 1 atom stereocenters. The lowest BCUT2D eigenvalue weighted by Crippen LogP contribution is -2.45. The van der Waals surface area contributed by atoms with Crippen molar-refractivity contribution in [2.75, 3.05) is 13.1 Å². The molecule has 0 spiro atoms. The average molecular weight is 363 g/mol. The standard InChI is InChI=1S/C19H23F2N3O2/c1-14(15-4-6-17(7-5-15)26-18(20)21)22-19(25)24-12-8-16(9-13-24)23-10-2-3-11-23/h2-7,10-11,14,16,18H,8-9,12-13H2,1H3,(H,22,25). The van der Waals surface area contributed by atoms with Crippen LogP contribution in [0.15, 0.2) is 48.8 Å². The van der Waals surface area contributed by atoms with E-state index >= 15 is 0 Å². The molecule has 1 aromatic heterocycles. The second-order valence-corrected chi connectivity index (χ2v) is 6.47. The average Bonchev–Trinajstić information content (AvgIpc) is 3.16. The molecule has 0 saturated carbocycles. The molecule has 1 fully saturated rings. The van der Waals surface area contributed by atoms with E-state index in [9.17, 15) is 13.6 Å². The van der Waals surface area contributed by atoms with Crippen molar-refractivity contribution in [3.05, 3.63) is 54.4 Å². The number of urea groups is 1. The third kappa shape index (κ3) is 4.53. The van der Waals surface area contributed by atoms with E-state index in [4.69, 9.17) is 0 Å². The van der Waals surface area contributed by atoms with Crippen LogP contribution in [0, 0.1) is 0 Å². The number of piperidine rings is 1. The van der Waals surface area contributed by atoms with Crippen molar-refractivity contribution >= 4 is 6.03 Å². The molecule has 3 rings (SSSR count). The first-order chi connectivity index (χ1) is 12.5. The minimum atomic E-state index is -2.84. The van der Waals surface area contributed by atoms with Crippen LogP contribution in [0.3, 0.4) is 0 Å². The highest BCUT2D eigenvalue weighted by atomic mass is 19.3. The lowest BCUT2D eigenvalue weighted by molar-refractivity contribution is -0.0498. The van der Waals surface area contributed by atoms with Crippen LogP contribution >= 0.6 is 0 Å². The van der Waals surface area contributed by atoms with E-state index in [1.807, 2.05) is 24.0 Å². The Kier molecular flexibility index (Phi) is 5.75. The van der Waals surface area contributed by atoms with Gasteiger partial charge in [-0.25, -0.2) is 4.79 Å². The SMILES string of the molecule is CC(NC(=O)N1CCC(n2cccc2)CC1)c1ccc(OC(F)F)cc1. The number of benzene rings is 1. The number of carbonyl (C=O) groups is 1. The van der Waals surface area contributed by atoms with E-state index < -0.39 is 6.61 Å². The van der Waals surface area contributed by atoms with Gasteiger partial charge in [-0.05, 0) is 49.6 Å². The van der Waals surface area contributed by atoms with Crippen LogP contribution in [-0.4, -0.2) is 35.2 Å². The first-order valence-corrected chi connectivity index (χ1v) is 8.75. The summed E-state index contributed by atoms with van der Waals surface area (Å²) in [5.41, 5.74) is 0.835. The van der Waals surface area contributed by atoms with Gasteiger partial charge in [0.15, 0.2) is 0 Å². The third-order valence-corrected chi connectivity index (χ3v) is 4.75. The Morgan fingerprint density at radius 2 is 1.77 bits per heavy atom. The number of hydrogen-bond acceptors (Lipinski definition) is 2. The highest BCUT2D eigenvalue weighted by Crippen LogP contribution is 2.23. The van der Waals surface area contributed by atoms with E-state index in [1.165, 1.54) is 12.1 Å². The van der Waals surface area contributed by atoms with Crippen molar-refractivity contribution in [1.29, 1.82) is 0 Å². The Hall–Kier alpha value is -2.57. The Morgan fingerprint density at radius 1 is 1.15 bits per heavy atom. The number of aromatic nitrogens is 1. The molecule has 140 valence electrons. The van der Waals surface area contributed by atoms with E-state index in [1.54, 1.807) is 12.1 Å². The second-order valence-electron chi connectivity index (χ2n) is 6.47. The van der Waals surface area contributed by atoms with Crippen molar-refractivity contribution < 1.29 is 18.3 Å². The summed E-state index contributed by atoms with van der Waals surface area (Å²) in [5, 5.41) is 2.97. The summed E-state index contributed by atoms with van der Waals surface area (Å²) in [5.74, 6) is 0.106. The lowest BCUT2D eigenvalue weighted by atomic mass is 10.1. The van der Waals surface area contributed by atoms with E-state index in [-0.39, 0.29) is 17.8 Å². The Labute approximate surface area is 151 Å². The maximum Gasteiger partial charge on any atom is 0.387 e. The summed E-state index contributed by atoms with van der Waals surface area (Å²) in [6.07, 6.45) is 5.97. The van der Waals surface area contributed by atoms with Crippen LogP contribution in [0.5, 0.6) is 5.75 Å². The van der Waals surface area contributed by atoms with Gasteiger partial charge in [0.1, 0.15) is 5.75 Å². The Morgan fingerprint density at radius 3 is 2.35 bits per heavy atom. The summed E-state index contributed by atoms with van der Waals surface area (Å²) in [4.78, 5) is 14.3. The molecule has 1 aliphatic rings. The number of halogens is 2. The molecule has 0 bridgehead atoms. The number of alkyl halides is 2. The summed E-state index contributed by atoms with van der Waals surface area (Å²) >= 11 is 0. The number of rotatable bonds is 5. The van der Waals surface area contributed by atoms with Crippen LogP contribution in [0.4, 0.5) is 13.6 Å². The van der Waals surface area contributed by atoms with E-state index in [2.05, 4.69) is 27.0 Å². The molecule has 1 saturated heterocycles. The molecular weight excluding hydrogens is 340 g/mol. The first kappa shape index (κ1) is 18.2. The fourth-order valence-electron chi connectivity index (χ4n) is 3.26. The van der Waals surface area contributed by atoms with Gasteiger partial charge < -0.3 is 19.5 Å². The summed E-state index contributed by atoms with van der Waals surface area (Å²) < 4.78 is 30.9. The number of likely N-dealkylation sites (tertiary alicyclic amines) is 1. The van der Waals surface area contributed by atoms with Crippen molar-refractivity contribution in [3.8, 4) is 5.75 Å². The van der Waals surface area contributed by atoms with Gasteiger partial charge in [-0.15, -0.1) is 0 Å². The highest BCUT2D eigenvalue weighted by molar-refractivity contribution is 5.74. The number of amides is 2. The van der Waals surface area contributed by atoms with Gasteiger partial charge in [0, 0.05) is 31.5 Å². The van der Waals surface area contributed by atoms with E-state index in [0.29, 0.717) is 19.1 Å². The monoisotopic (exact) mass is 363 g/mol. The molecule has 2 aromatic rings. The zero-order chi connectivity index (χ0) is 18.5. The van der Waals surface area contributed by atoms with Gasteiger partial charge in [0.25, 0.3) is 0 Å². The van der Waals surface area contributed by atoms with Gasteiger partial charge in [-0.2, -0.15) is 8.78 Å². The molecular formula is C19H23F2N3O2. The van der Waals surface area contributed by atoms with E-state index in [0.717, 1.165) is 18.4 Å².